The van der Waals surface area contributed by atoms with E-state index in [1.807, 2.05) is 0 Å². The molecular formula is C10H25ClN2Si. The standard InChI is InChI=1S/C10H25ClN2Si/c1-5-12(6-2)9-10(11,14)13(7-3)8-4/h5-9H2,1-4,14H3. The molecule has 0 aromatic heterocycles. The third-order valence-corrected chi connectivity index (χ3v) is 4.14. The van der Waals surface area contributed by atoms with Gasteiger partial charge in [0.2, 0.25) is 0 Å². The van der Waals surface area contributed by atoms with Crippen LogP contribution in [0.15, 0.2) is 0 Å². The second-order valence-electron chi connectivity index (χ2n) is 3.78. The van der Waals surface area contributed by atoms with E-state index in [1.165, 1.54) is 0 Å². The zero-order valence-electron chi connectivity index (χ0n) is 10.3. The van der Waals surface area contributed by atoms with Crippen molar-refractivity contribution < 1.29 is 0 Å². The topological polar surface area (TPSA) is 6.48 Å². The Labute approximate surface area is 97.0 Å². The highest BCUT2D eigenvalue weighted by Gasteiger charge is 2.28. The first kappa shape index (κ1) is 14.4. The van der Waals surface area contributed by atoms with Gasteiger partial charge in [0, 0.05) is 16.8 Å². The molecule has 4 heteroatoms. The molecule has 2 nitrogen and oxygen atoms in total. The Morgan fingerprint density at radius 2 is 1.43 bits per heavy atom. The summed E-state index contributed by atoms with van der Waals surface area (Å²) >= 11 is 6.60. The Balaban J connectivity index is 4.28. The Hall–Kier alpha value is 0.427. The quantitative estimate of drug-likeness (QED) is 0.369. The van der Waals surface area contributed by atoms with Gasteiger partial charge in [-0.1, -0.05) is 27.7 Å². The first-order valence-corrected chi connectivity index (χ1v) is 7.05. The summed E-state index contributed by atoms with van der Waals surface area (Å²) in [6.45, 7) is 14.0. The fraction of sp³-hybridized carbons (Fsp3) is 1.00. The lowest BCUT2D eigenvalue weighted by atomic mass is 10.4. The first-order chi connectivity index (χ1) is 6.51. The number of alkyl halides is 1. The molecule has 86 valence electrons. The number of halogens is 1. The summed E-state index contributed by atoms with van der Waals surface area (Å²) in [7, 11) is 1.01. The normalized spacial score (nSPS) is 16.5. The van der Waals surface area contributed by atoms with Crippen molar-refractivity contribution in [3.63, 3.8) is 0 Å². The van der Waals surface area contributed by atoms with Gasteiger partial charge in [0.25, 0.3) is 0 Å². The lowest BCUT2D eigenvalue weighted by molar-refractivity contribution is 0.178. The highest BCUT2D eigenvalue weighted by atomic mass is 35.5. The van der Waals surface area contributed by atoms with E-state index in [9.17, 15) is 0 Å². The Kier molecular flexibility index (Phi) is 7.04. The van der Waals surface area contributed by atoms with Crippen LogP contribution in [0.25, 0.3) is 0 Å². The van der Waals surface area contributed by atoms with Gasteiger partial charge in [0.1, 0.15) is 0 Å². The van der Waals surface area contributed by atoms with Gasteiger partial charge in [-0.25, -0.2) is 0 Å². The molecule has 0 radical (unpaired) electrons. The maximum Gasteiger partial charge on any atom is 0.0873 e. The molecule has 1 atom stereocenters. The SMILES string of the molecule is CCN(CC)CC([SiH3])(Cl)N(CC)CC. The zero-order chi connectivity index (χ0) is 11.2. The number of hydrogen-bond donors (Lipinski definition) is 0. The summed E-state index contributed by atoms with van der Waals surface area (Å²) in [5.41, 5.74) is 0. The second-order valence-corrected chi connectivity index (χ2v) is 6.88. The number of rotatable bonds is 7. The van der Waals surface area contributed by atoms with Crippen LogP contribution in [0, 0.1) is 0 Å². The largest absolute Gasteiger partial charge is 0.301 e. The predicted molar refractivity (Wildman–Crippen MR) is 69.2 cm³/mol. The zero-order valence-corrected chi connectivity index (χ0v) is 13.1. The maximum absolute atomic E-state index is 6.60. The van der Waals surface area contributed by atoms with E-state index in [4.69, 9.17) is 11.6 Å². The molecule has 0 heterocycles. The fourth-order valence-corrected chi connectivity index (χ4v) is 3.33. The summed E-state index contributed by atoms with van der Waals surface area (Å²) in [4.78, 5) is 4.76. The van der Waals surface area contributed by atoms with Crippen molar-refractivity contribution in [1.29, 1.82) is 0 Å². The number of likely N-dealkylation sites (N-methyl/N-ethyl adjacent to an activating group) is 2. The molecule has 0 aliphatic rings. The minimum Gasteiger partial charge on any atom is -0.301 e. The van der Waals surface area contributed by atoms with E-state index in [0.717, 1.165) is 43.0 Å². The molecule has 0 saturated carbocycles. The third kappa shape index (κ3) is 4.30. The monoisotopic (exact) mass is 236 g/mol. The number of hydrogen-bond acceptors (Lipinski definition) is 2. The average molecular weight is 237 g/mol. The molecule has 0 aromatic rings. The van der Waals surface area contributed by atoms with Gasteiger partial charge >= 0.3 is 0 Å². The van der Waals surface area contributed by atoms with E-state index in [0.29, 0.717) is 0 Å². The summed E-state index contributed by atoms with van der Waals surface area (Å²) in [6.07, 6.45) is 0. The van der Waals surface area contributed by atoms with Crippen LogP contribution in [0.4, 0.5) is 0 Å². The minimum absolute atomic E-state index is 0.0878. The second kappa shape index (κ2) is 6.83. The third-order valence-electron chi connectivity index (χ3n) is 2.83. The summed E-state index contributed by atoms with van der Waals surface area (Å²) in [5.74, 6) is 0. The molecule has 0 amide bonds. The Bertz CT molecular complexity index is 145. The van der Waals surface area contributed by atoms with Crippen molar-refractivity contribution in [2.24, 2.45) is 0 Å². The van der Waals surface area contributed by atoms with Gasteiger partial charge in [0.05, 0.1) is 4.62 Å². The predicted octanol–water partition coefficient (Wildman–Crippen LogP) is 0.928. The van der Waals surface area contributed by atoms with Crippen LogP contribution < -0.4 is 0 Å². The van der Waals surface area contributed by atoms with E-state index in [-0.39, 0.29) is 4.62 Å². The van der Waals surface area contributed by atoms with Crippen molar-refractivity contribution in [2.75, 3.05) is 32.7 Å². The Morgan fingerprint density at radius 3 is 1.71 bits per heavy atom. The van der Waals surface area contributed by atoms with Crippen LogP contribution in [0.2, 0.25) is 0 Å². The molecular weight excluding hydrogens is 212 g/mol. The summed E-state index contributed by atoms with van der Waals surface area (Å²) in [5, 5.41) is 0. The molecule has 0 rings (SSSR count). The smallest absolute Gasteiger partial charge is 0.0873 e. The van der Waals surface area contributed by atoms with Crippen molar-refractivity contribution in [1.82, 2.24) is 9.80 Å². The highest BCUT2D eigenvalue weighted by Crippen LogP contribution is 2.17. The molecule has 0 aliphatic carbocycles. The lowest BCUT2D eigenvalue weighted by Crippen LogP contribution is -2.52. The summed E-state index contributed by atoms with van der Waals surface area (Å²) < 4.78 is -0.0878. The van der Waals surface area contributed by atoms with Crippen LogP contribution in [-0.4, -0.2) is 57.4 Å². The molecule has 0 fully saturated rings. The average Bonchev–Trinajstić information content (AvgIpc) is 2.15. The lowest BCUT2D eigenvalue weighted by Gasteiger charge is -2.38. The van der Waals surface area contributed by atoms with Gasteiger partial charge < -0.3 is 4.90 Å². The van der Waals surface area contributed by atoms with Gasteiger partial charge in [-0.15, -0.1) is 11.6 Å². The van der Waals surface area contributed by atoms with E-state index >= 15 is 0 Å². The Morgan fingerprint density at radius 1 is 1.00 bits per heavy atom. The number of nitrogens with zero attached hydrogens (tertiary/aromatic N) is 2. The van der Waals surface area contributed by atoms with E-state index in [1.54, 1.807) is 0 Å². The van der Waals surface area contributed by atoms with Crippen LogP contribution in [0.1, 0.15) is 27.7 Å². The minimum atomic E-state index is -0.0878. The van der Waals surface area contributed by atoms with Gasteiger partial charge in [-0.2, -0.15) is 0 Å². The highest BCUT2D eigenvalue weighted by molar-refractivity contribution is 6.44. The summed E-state index contributed by atoms with van der Waals surface area (Å²) in [6, 6.07) is 0. The van der Waals surface area contributed by atoms with Crippen molar-refractivity contribution >= 4 is 21.8 Å². The van der Waals surface area contributed by atoms with Crippen molar-refractivity contribution in [3.8, 4) is 0 Å². The van der Waals surface area contributed by atoms with Crippen molar-refractivity contribution in [3.05, 3.63) is 0 Å². The van der Waals surface area contributed by atoms with Gasteiger partial charge in [0.15, 0.2) is 0 Å². The fourth-order valence-electron chi connectivity index (χ4n) is 1.84. The van der Waals surface area contributed by atoms with E-state index in [2.05, 4.69) is 37.5 Å². The molecule has 0 aliphatic heterocycles. The van der Waals surface area contributed by atoms with Gasteiger partial charge in [-0.05, 0) is 26.2 Å². The molecule has 0 bridgehead atoms. The van der Waals surface area contributed by atoms with E-state index < -0.39 is 0 Å². The van der Waals surface area contributed by atoms with Crippen LogP contribution in [0.5, 0.6) is 0 Å². The molecule has 0 N–H and O–H groups in total. The molecule has 0 saturated heterocycles. The van der Waals surface area contributed by atoms with Crippen LogP contribution in [-0.2, 0) is 0 Å². The molecule has 14 heavy (non-hydrogen) atoms. The molecule has 0 aromatic carbocycles. The van der Waals surface area contributed by atoms with Crippen molar-refractivity contribution in [2.45, 2.75) is 32.3 Å². The van der Waals surface area contributed by atoms with Gasteiger partial charge in [-0.3, -0.25) is 4.90 Å². The molecule has 0 spiro atoms. The van der Waals surface area contributed by atoms with Crippen LogP contribution >= 0.6 is 11.6 Å². The maximum atomic E-state index is 6.60. The molecule has 1 unspecified atom stereocenters. The first-order valence-electron chi connectivity index (χ1n) is 5.68. The van der Waals surface area contributed by atoms with Crippen LogP contribution in [0.3, 0.4) is 0 Å².